The molecule has 0 radical (unpaired) electrons. The van der Waals surface area contributed by atoms with E-state index >= 15 is 0 Å². The zero-order chi connectivity index (χ0) is 8.32. The van der Waals surface area contributed by atoms with Crippen LogP contribution >= 0.6 is 0 Å². The second kappa shape index (κ2) is 2.96. The van der Waals surface area contributed by atoms with Crippen LogP contribution < -0.4 is 5.73 Å². The molecule has 0 amide bonds. The minimum Gasteiger partial charge on any atom is -0.330 e. The molecule has 1 heterocycles. The maximum Gasteiger partial charge on any atom is 0.277 e. The summed E-state index contributed by atoms with van der Waals surface area (Å²) in [6.45, 7) is -0.0296. The molecule has 0 aliphatic rings. The fourth-order valence-corrected chi connectivity index (χ4v) is 0.777. The van der Waals surface area contributed by atoms with Gasteiger partial charge in [-0.15, -0.1) is 0 Å². The van der Waals surface area contributed by atoms with E-state index in [9.17, 15) is 8.78 Å². The van der Waals surface area contributed by atoms with Gasteiger partial charge in [0, 0.05) is 12.6 Å². The molecule has 0 saturated carbocycles. The summed E-state index contributed by atoms with van der Waals surface area (Å²) in [5.74, 6) is -2.85. The Bertz CT molecular complexity index is 208. The number of halogens is 2. The Kier molecular flexibility index (Phi) is 2.19. The molecule has 62 valence electrons. The molecule has 0 bridgehead atoms. The van der Waals surface area contributed by atoms with Crippen LogP contribution in [-0.4, -0.2) is 16.7 Å². The van der Waals surface area contributed by atoms with Gasteiger partial charge in [0.15, 0.2) is 0 Å². The van der Waals surface area contributed by atoms with Crippen molar-refractivity contribution in [3.63, 3.8) is 0 Å². The van der Waals surface area contributed by atoms with Crippen LogP contribution in [0.15, 0.2) is 12.4 Å². The van der Waals surface area contributed by atoms with Gasteiger partial charge in [0.2, 0.25) is 0 Å². The number of nitrogens with one attached hydrogen (secondary N) is 1. The fraction of sp³-hybridized carbons (Fsp3) is 0.500. The zero-order valence-electron chi connectivity index (χ0n) is 5.85. The highest BCUT2D eigenvalue weighted by Crippen LogP contribution is 2.29. The van der Waals surface area contributed by atoms with E-state index in [0.29, 0.717) is 0 Å². The molecule has 0 atom stereocenters. The minimum absolute atomic E-state index is 0.0296. The first kappa shape index (κ1) is 8.13. The summed E-state index contributed by atoms with van der Waals surface area (Å²) in [5.41, 5.74) is 4.90. The number of rotatable bonds is 3. The quantitative estimate of drug-likeness (QED) is 0.690. The highest BCUT2D eigenvalue weighted by atomic mass is 19.3. The molecule has 11 heavy (non-hydrogen) atoms. The second-order valence-electron chi connectivity index (χ2n) is 2.23. The Hall–Kier alpha value is -0.970. The largest absolute Gasteiger partial charge is 0.330 e. The van der Waals surface area contributed by atoms with Gasteiger partial charge in [0.1, 0.15) is 0 Å². The van der Waals surface area contributed by atoms with Gasteiger partial charge in [-0.3, -0.25) is 5.10 Å². The summed E-state index contributed by atoms with van der Waals surface area (Å²) in [4.78, 5) is 0. The standard InChI is InChI=1S/C6H9F2N3/c7-6(8,1-2-9)5-3-10-11-4-5/h3-4H,1-2,9H2,(H,10,11). The predicted molar refractivity (Wildman–Crippen MR) is 36.2 cm³/mol. The molecule has 0 spiro atoms. The van der Waals surface area contributed by atoms with Crippen molar-refractivity contribution in [3.05, 3.63) is 18.0 Å². The Morgan fingerprint density at radius 1 is 1.64 bits per heavy atom. The smallest absolute Gasteiger partial charge is 0.277 e. The van der Waals surface area contributed by atoms with Gasteiger partial charge < -0.3 is 5.73 Å². The van der Waals surface area contributed by atoms with Crippen molar-refractivity contribution >= 4 is 0 Å². The van der Waals surface area contributed by atoms with Gasteiger partial charge in [0.25, 0.3) is 5.92 Å². The number of aromatic nitrogens is 2. The molecule has 0 saturated heterocycles. The number of nitrogens with two attached hydrogens (primary N) is 1. The lowest BCUT2D eigenvalue weighted by Gasteiger charge is -2.11. The first-order valence-electron chi connectivity index (χ1n) is 3.24. The molecule has 3 N–H and O–H groups in total. The van der Waals surface area contributed by atoms with Crippen LogP contribution in [0, 0.1) is 0 Å². The number of hydrogen-bond donors (Lipinski definition) is 2. The molecule has 1 aromatic rings. The average molecular weight is 161 g/mol. The Morgan fingerprint density at radius 2 is 2.36 bits per heavy atom. The molecule has 0 fully saturated rings. The number of H-pyrrole nitrogens is 1. The monoisotopic (exact) mass is 161 g/mol. The number of alkyl halides is 2. The van der Waals surface area contributed by atoms with E-state index in [4.69, 9.17) is 5.73 Å². The predicted octanol–water partition coefficient (Wildman–Crippen LogP) is 0.850. The van der Waals surface area contributed by atoms with Crippen molar-refractivity contribution in [2.24, 2.45) is 5.73 Å². The van der Waals surface area contributed by atoms with E-state index in [0.717, 1.165) is 6.20 Å². The van der Waals surface area contributed by atoms with Gasteiger partial charge in [-0.25, -0.2) is 8.78 Å². The van der Waals surface area contributed by atoms with Gasteiger partial charge in [-0.2, -0.15) is 5.10 Å². The van der Waals surface area contributed by atoms with Crippen molar-refractivity contribution in [1.29, 1.82) is 0 Å². The fourth-order valence-electron chi connectivity index (χ4n) is 0.777. The molecule has 0 unspecified atom stereocenters. The lowest BCUT2D eigenvalue weighted by molar-refractivity contribution is -0.0106. The summed E-state index contributed by atoms with van der Waals surface area (Å²) in [6.07, 6.45) is 1.94. The number of aromatic amines is 1. The van der Waals surface area contributed by atoms with Gasteiger partial charge in [-0.05, 0) is 6.54 Å². The number of nitrogens with zero attached hydrogens (tertiary/aromatic N) is 1. The van der Waals surface area contributed by atoms with E-state index in [1.54, 1.807) is 0 Å². The van der Waals surface area contributed by atoms with Gasteiger partial charge in [0.05, 0.1) is 11.8 Å². The Labute approximate surface area is 62.6 Å². The highest BCUT2D eigenvalue weighted by molar-refractivity contribution is 5.10. The van der Waals surface area contributed by atoms with Crippen LogP contribution in [-0.2, 0) is 5.92 Å². The maximum atomic E-state index is 12.8. The van der Waals surface area contributed by atoms with Crippen molar-refractivity contribution in [2.45, 2.75) is 12.3 Å². The topological polar surface area (TPSA) is 54.7 Å². The lowest BCUT2D eigenvalue weighted by atomic mass is 10.1. The summed E-state index contributed by atoms with van der Waals surface area (Å²) in [5, 5.41) is 5.75. The van der Waals surface area contributed by atoms with E-state index in [-0.39, 0.29) is 18.5 Å². The third kappa shape index (κ3) is 1.74. The third-order valence-electron chi connectivity index (χ3n) is 1.38. The molecule has 0 aliphatic carbocycles. The normalized spacial score (nSPS) is 11.9. The summed E-state index contributed by atoms with van der Waals surface area (Å²) >= 11 is 0. The highest BCUT2D eigenvalue weighted by Gasteiger charge is 2.31. The first-order chi connectivity index (χ1) is 5.17. The van der Waals surface area contributed by atoms with Crippen LogP contribution in [0.5, 0.6) is 0 Å². The summed E-state index contributed by atoms with van der Waals surface area (Å²) < 4.78 is 25.7. The van der Waals surface area contributed by atoms with E-state index in [1.165, 1.54) is 6.20 Å². The average Bonchev–Trinajstić information content (AvgIpc) is 2.37. The van der Waals surface area contributed by atoms with E-state index < -0.39 is 5.92 Å². The molecule has 3 nitrogen and oxygen atoms in total. The third-order valence-corrected chi connectivity index (χ3v) is 1.38. The molecule has 1 aromatic heterocycles. The van der Waals surface area contributed by atoms with Gasteiger partial charge >= 0.3 is 0 Å². The molecule has 0 aromatic carbocycles. The molecule has 1 rings (SSSR count). The van der Waals surface area contributed by atoms with E-state index in [2.05, 4.69) is 10.2 Å². The van der Waals surface area contributed by atoms with Crippen molar-refractivity contribution in [2.75, 3.05) is 6.54 Å². The number of hydrogen-bond acceptors (Lipinski definition) is 2. The minimum atomic E-state index is -2.85. The zero-order valence-corrected chi connectivity index (χ0v) is 5.85. The molecule has 5 heteroatoms. The molecular formula is C6H9F2N3. The molecular weight excluding hydrogens is 152 g/mol. The van der Waals surface area contributed by atoms with Crippen molar-refractivity contribution < 1.29 is 8.78 Å². The lowest BCUT2D eigenvalue weighted by Crippen LogP contribution is -2.17. The van der Waals surface area contributed by atoms with Crippen LogP contribution in [0.4, 0.5) is 8.78 Å². The van der Waals surface area contributed by atoms with Crippen molar-refractivity contribution in [1.82, 2.24) is 10.2 Å². The van der Waals surface area contributed by atoms with Crippen LogP contribution in [0.1, 0.15) is 12.0 Å². The van der Waals surface area contributed by atoms with Crippen LogP contribution in [0.25, 0.3) is 0 Å². The Morgan fingerprint density at radius 3 is 2.82 bits per heavy atom. The SMILES string of the molecule is NCCC(F)(F)c1cn[nH]c1. The van der Waals surface area contributed by atoms with Crippen molar-refractivity contribution in [3.8, 4) is 0 Å². The van der Waals surface area contributed by atoms with Crippen LogP contribution in [0.3, 0.4) is 0 Å². The van der Waals surface area contributed by atoms with Gasteiger partial charge in [-0.1, -0.05) is 0 Å². The van der Waals surface area contributed by atoms with Crippen LogP contribution in [0.2, 0.25) is 0 Å². The first-order valence-corrected chi connectivity index (χ1v) is 3.24. The maximum absolute atomic E-state index is 12.8. The Balaban J connectivity index is 2.73. The summed E-state index contributed by atoms with van der Waals surface area (Å²) in [7, 11) is 0. The molecule has 0 aliphatic heterocycles. The second-order valence-corrected chi connectivity index (χ2v) is 2.23. The summed E-state index contributed by atoms with van der Waals surface area (Å²) in [6, 6.07) is 0. The van der Waals surface area contributed by atoms with E-state index in [1.807, 2.05) is 0 Å².